The summed E-state index contributed by atoms with van der Waals surface area (Å²) in [4.78, 5) is 25.3. The van der Waals surface area contributed by atoms with E-state index in [0.29, 0.717) is 33.7 Å². The second kappa shape index (κ2) is 6.49. The Bertz CT molecular complexity index is 964. The summed E-state index contributed by atoms with van der Waals surface area (Å²) >= 11 is 0. The number of nitrogens with one attached hydrogen (secondary N) is 1. The molecule has 0 aromatic heterocycles. The number of methoxy groups -OCH3 is 1. The van der Waals surface area contributed by atoms with Gasteiger partial charge in [-0.05, 0) is 56.3 Å². The van der Waals surface area contributed by atoms with E-state index in [1.807, 2.05) is 6.07 Å². The molecule has 26 heavy (non-hydrogen) atoms. The highest BCUT2D eigenvalue weighted by Crippen LogP contribution is 2.32. The first-order valence-electron chi connectivity index (χ1n) is 8.13. The zero-order valence-corrected chi connectivity index (χ0v) is 14.8. The van der Waals surface area contributed by atoms with Gasteiger partial charge in [0.05, 0.1) is 24.3 Å². The Balaban J connectivity index is 2.07. The Morgan fingerprint density at radius 2 is 1.85 bits per heavy atom. The fourth-order valence-corrected chi connectivity index (χ4v) is 2.91. The first kappa shape index (κ1) is 17.4. The summed E-state index contributed by atoms with van der Waals surface area (Å²) < 4.78 is 5.25. The van der Waals surface area contributed by atoms with Gasteiger partial charge in [0.15, 0.2) is 11.6 Å². The Morgan fingerprint density at radius 1 is 1.15 bits per heavy atom. The third kappa shape index (κ3) is 3.09. The van der Waals surface area contributed by atoms with Crippen molar-refractivity contribution in [1.29, 1.82) is 5.26 Å². The highest BCUT2D eigenvalue weighted by Gasteiger charge is 2.36. The van der Waals surface area contributed by atoms with E-state index in [4.69, 9.17) is 10.00 Å². The molecule has 2 aromatic carbocycles. The molecule has 0 atom stereocenters. The highest BCUT2D eigenvalue weighted by atomic mass is 16.5. The van der Waals surface area contributed by atoms with Crippen molar-refractivity contribution in [3.63, 3.8) is 0 Å². The molecule has 1 N–H and O–H groups in total. The zero-order valence-electron chi connectivity index (χ0n) is 14.8. The maximum atomic E-state index is 12.7. The minimum absolute atomic E-state index is 0.0434. The predicted octanol–water partition coefficient (Wildman–Crippen LogP) is 3.36. The van der Waals surface area contributed by atoms with Crippen molar-refractivity contribution in [1.82, 2.24) is 5.32 Å². The number of nitriles is 1. The molecule has 0 spiro atoms. The molecule has 0 radical (unpaired) electrons. The van der Waals surface area contributed by atoms with Crippen LogP contribution in [-0.2, 0) is 0 Å². The molecule has 0 fully saturated rings. The lowest BCUT2D eigenvalue weighted by Gasteiger charge is -2.34. The van der Waals surface area contributed by atoms with E-state index in [1.54, 1.807) is 63.4 Å². The van der Waals surface area contributed by atoms with Gasteiger partial charge in [-0.15, -0.1) is 0 Å². The second-order valence-electron chi connectivity index (χ2n) is 6.60. The third-order valence-corrected chi connectivity index (χ3v) is 4.35. The lowest BCUT2D eigenvalue weighted by Crippen LogP contribution is -2.49. The first-order chi connectivity index (χ1) is 12.4. The molecule has 0 amide bonds. The molecule has 1 aliphatic heterocycles. The topological polar surface area (TPSA) is 79.2 Å². The van der Waals surface area contributed by atoms with E-state index >= 15 is 0 Å². The van der Waals surface area contributed by atoms with E-state index in [0.717, 1.165) is 0 Å². The van der Waals surface area contributed by atoms with Crippen LogP contribution >= 0.6 is 0 Å². The minimum atomic E-state index is -0.821. The van der Waals surface area contributed by atoms with E-state index in [1.165, 1.54) is 6.08 Å². The first-order valence-corrected chi connectivity index (χ1v) is 8.13. The van der Waals surface area contributed by atoms with Crippen molar-refractivity contribution >= 4 is 17.3 Å². The SMILES string of the molecule is COc1ccc2c(c1)C(=CC(=O)c1ccc(C#N)cc1)NC(C)(C)C2=O. The largest absolute Gasteiger partial charge is 0.497 e. The summed E-state index contributed by atoms with van der Waals surface area (Å²) in [6, 6.07) is 13.7. The predicted molar refractivity (Wildman–Crippen MR) is 98.0 cm³/mol. The fraction of sp³-hybridized carbons (Fsp3) is 0.190. The Labute approximate surface area is 151 Å². The molecule has 1 aliphatic rings. The summed E-state index contributed by atoms with van der Waals surface area (Å²) in [5, 5.41) is 12.0. The fourth-order valence-electron chi connectivity index (χ4n) is 2.91. The summed E-state index contributed by atoms with van der Waals surface area (Å²) in [6.07, 6.45) is 1.48. The van der Waals surface area contributed by atoms with Gasteiger partial charge >= 0.3 is 0 Å². The third-order valence-electron chi connectivity index (χ3n) is 4.35. The molecular formula is C21H18N2O3. The normalized spacial score (nSPS) is 16.4. The van der Waals surface area contributed by atoms with Crippen molar-refractivity contribution in [2.45, 2.75) is 19.4 Å². The Morgan fingerprint density at radius 3 is 2.46 bits per heavy atom. The number of benzene rings is 2. The molecular weight excluding hydrogens is 328 g/mol. The van der Waals surface area contributed by atoms with Crippen LogP contribution in [0.4, 0.5) is 0 Å². The molecule has 0 unspecified atom stereocenters. The van der Waals surface area contributed by atoms with Crippen molar-refractivity contribution in [2.75, 3.05) is 7.11 Å². The Kier molecular flexibility index (Phi) is 4.35. The molecule has 5 heteroatoms. The van der Waals surface area contributed by atoms with Crippen LogP contribution in [0.2, 0.25) is 0 Å². The maximum Gasteiger partial charge on any atom is 0.188 e. The Hall–Kier alpha value is -3.39. The van der Waals surface area contributed by atoms with Gasteiger partial charge in [0, 0.05) is 28.5 Å². The van der Waals surface area contributed by atoms with Crippen LogP contribution in [0.5, 0.6) is 5.75 Å². The molecule has 5 nitrogen and oxygen atoms in total. The van der Waals surface area contributed by atoms with Gasteiger partial charge in [0.1, 0.15) is 5.75 Å². The number of hydrogen-bond donors (Lipinski definition) is 1. The molecule has 0 saturated carbocycles. The zero-order chi connectivity index (χ0) is 18.9. The smallest absolute Gasteiger partial charge is 0.188 e. The van der Waals surface area contributed by atoms with Gasteiger partial charge in [-0.3, -0.25) is 9.59 Å². The molecule has 0 saturated heterocycles. The van der Waals surface area contributed by atoms with Gasteiger partial charge in [-0.1, -0.05) is 0 Å². The summed E-state index contributed by atoms with van der Waals surface area (Å²) in [6.45, 7) is 3.56. The van der Waals surface area contributed by atoms with Crippen molar-refractivity contribution < 1.29 is 14.3 Å². The second-order valence-corrected chi connectivity index (χ2v) is 6.60. The van der Waals surface area contributed by atoms with Crippen molar-refractivity contribution in [3.8, 4) is 11.8 Å². The van der Waals surface area contributed by atoms with Crippen molar-refractivity contribution in [2.24, 2.45) is 0 Å². The van der Waals surface area contributed by atoms with Crippen LogP contribution in [0.25, 0.3) is 5.70 Å². The van der Waals surface area contributed by atoms with Crippen LogP contribution in [0.15, 0.2) is 48.5 Å². The number of fused-ring (bicyclic) bond motifs is 1. The molecule has 1 heterocycles. The van der Waals surface area contributed by atoms with Crippen LogP contribution < -0.4 is 10.1 Å². The van der Waals surface area contributed by atoms with E-state index in [9.17, 15) is 9.59 Å². The molecule has 130 valence electrons. The number of carbonyl (C=O) groups is 2. The van der Waals surface area contributed by atoms with Crippen LogP contribution in [0.3, 0.4) is 0 Å². The van der Waals surface area contributed by atoms with Gasteiger partial charge in [0.25, 0.3) is 0 Å². The van der Waals surface area contributed by atoms with E-state index in [2.05, 4.69) is 5.32 Å². The van der Waals surface area contributed by atoms with Gasteiger partial charge < -0.3 is 10.1 Å². The highest BCUT2D eigenvalue weighted by molar-refractivity contribution is 6.14. The van der Waals surface area contributed by atoms with Crippen LogP contribution in [-0.4, -0.2) is 24.2 Å². The van der Waals surface area contributed by atoms with E-state index < -0.39 is 5.54 Å². The number of carbonyl (C=O) groups excluding carboxylic acids is 2. The lowest BCUT2D eigenvalue weighted by molar-refractivity contribution is 0.0888. The van der Waals surface area contributed by atoms with E-state index in [-0.39, 0.29) is 11.6 Å². The summed E-state index contributed by atoms with van der Waals surface area (Å²) in [5.41, 5.74) is 1.89. The van der Waals surface area contributed by atoms with Crippen molar-refractivity contribution in [3.05, 3.63) is 70.8 Å². The molecule has 3 rings (SSSR count). The lowest BCUT2D eigenvalue weighted by atomic mass is 9.84. The molecule has 0 bridgehead atoms. The van der Waals surface area contributed by atoms with Gasteiger partial charge in [0.2, 0.25) is 0 Å². The number of allylic oxidation sites excluding steroid dienone is 1. The number of ether oxygens (including phenoxy) is 1. The average molecular weight is 346 g/mol. The van der Waals surface area contributed by atoms with Gasteiger partial charge in [-0.25, -0.2) is 0 Å². The molecule has 0 aliphatic carbocycles. The van der Waals surface area contributed by atoms with Gasteiger partial charge in [-0.2, -0.15) is 5.26 Å². The average Bonchev–Trinajstić information content (AvgIpc) is 2.65. The molecule has 2 aromatic rings. The number of Topliss-reactive ketones (excluding diaryl/α,β-unsaturated/α-hetero) is 1. The number of ketones is 2. The summed E-state index contributed by atoms with van der Waals surface area (Å²) in [5.74, 6) is 0.351. The van der Waals surface area contributed by atoms with Crippen LogP contribution in [0.1, 0.15) is 45.7 Å². The van der Waals surface area contributed by atoms with Crippen LogP contribution in [0, 0.1) is 11.3 Å². The number of hydrogen-bond acceptors (Lipinski definition) is 5. The summed E-state index contributed by atoms with van der Waals surface area (Å²) in [7, 11) is 1.55. The minimum Gasteiger partial charge on any atom is -0.497 e. The maximum absolute atomic E-state index is 12.7. The number of rotatable bonds is 3. The number of nitrogens with zero attached hydrogens (tertiary/aromatic N) is 1. The standard InChI is InChI=1S/C21H18N2O3/c1-21(2)20(25)16-9-8-15(26-3)10-17(16)18(23-21)11-19(24)14-6-4-13(12-22)5-7-14/h4-11,23H,1-3H3. The quantitative estimate of drug-likeness (QED) is 0.681. The monoisotopic (exact) mass is 346 g/mol.